The highest BCUT2D eigenvalue weighted by molar-refractivity contribution is 7.46. The molecule has 0 aliphatic carbocycles. The molecular formula is C35H61O8P. The topological polar surface area (TPSA) is 119 Å². The molecule has 0 aliphatic rings. The summed E-state index contributed by atoms with van der Waals surface area (Å²) in [4.78, 5) is 42.3. The summed E-state index contributed by atoms with van der Waals surface area (Å²) in [7, 11) is -4.75. The fourth-order valence-electron chi connectivity index (χ4n) is 4.29. The summed E-state index contributed by atoms with van der Waals surface area (Å²) >= 11 is 0. The standard InChI is InChI=1S/C35H61O8P/c1-3-5-7-9-11-12-13-14-15-16-17-18-19-20-21-22-24-25-27-29-34(36)41-31-33(32-42-44(38,39)40)43-35(37)30-28-26-23-10-8-6-4-2/h11-12,14-15,17-18,20-21,33H,3-10,13,16,19,22-32H2,1-2H3,(H2,38,39,40)/b12-11+,15-14+,18-17+,21-20+/t33-/m1/s1. The molecule has 0 aromatic heterocycles. The summed E-state index contributed by atoms with van der Waals surface area (Å²) in [6, 6.07) is 0. The maximum absolute atomic E-state index is 12.2. The summed E-state index contributed by atoms with van der Waals surface area (Å²) in [6.07, 6.45) is 35.7. The third-order valence-corrected chi connectivity index (χ3v) is 7.34. The molecule has 0 aromatic rings. The molecule has 9 heteroatoms. The van der Waals surface area contributed by atoms with Crippen LogP contribution in [0.15, 0.2) is 48.6 Å². The molecule has 0 aromatic carbocycles. The lowest BCUT2D eigenvalue weighted by Gasteiger charge is -2.18. The summed E-state index contributed by atoms with van der Waals surface area (Å²) in [5.74, 6) is -0.933. The van der Waals surface area contributed by atoms with Crippen LogP contribution in [0.25, 0.3) is 0 Å². The largest absolute Gasteiger partial charge is 0.469 e. The number of carbonyl (C=O) groups excluding carboxylic acids is 2. The Morgan fingerprint density at radius 1 is 0.591 bits per heavy atom. The molecule has 254 valence electrons. The molecule has 44 heavy (non-hydrogen) atoms. The van der Waals surface area contributed by atoms with E-state index < -0.39 is 32.5 Å². The Morgan fingerprint density at radius 2 is 1.02 bits per heavy atom. The van der Waals surface area contributed by atoms with E-state index in [-0.39, 0.29) is 19.4 Å². The lowest BCUT2D eigenvalue weighted by molar-refractivity contribution is -0.161. The molecule has 8 nitrogen and oxygen atoms in total. The smallest absolute Gasteiger partial charge is 0.462 e. The molecule has 1 atom stereocenters. The second-order valence-electron chi connectivity index (χ2n) is 11.1. The van der Waals surface area contributed by atoms with E-state index in [0.717, 1.165) is 57.8 Å². The van der Waals surface area contributed by atoms with E-state index >= 15 is 0 Å². The Bertz CT molecular complexity index is 859. The number of allylic oxidation sites excluding steroid dienone is 8. The number of carbonyl (C=O) groups is 2. The van der Waals surface area contributed by atoms with Crippen LogP contribution in [-0.4, -0.2) is 41.0 Å². The number of phosphoric acid groups is 1. The van der Waals surface area contributed by atoms with Crippen LogP contribution in [0.5, 0.6) is 0 Å². The monoisotopic (exact) mass is 640 g/mol. The van der Waals surface area contributed by atoms with Crippen molar-refractivity contribution in [3.63, 3.8) is 0 Å². The van der Waals surface area contributed by atoms with Gasteiger partial charge in [0.05, 0.1) is 6.61 Å². The summed E-state index contributed by atoms with van der Waals surface area (Å²) in [6.45, 7) is 3.54. The Morgan fingerprint density at radius 3 is 1.57 bits per heavy atom. The van der Waals surface area contributed by atoms with Crippen molar-refractivity contribution in [1.29, 1.82) is 0 Å². The van der Waals surface area contributed by atoms with E-state index in [1.807, 2.05) is 0 Å². The molecule has 0 aliphatic heterocycles. The van der Waals surface area contributed by atoms with Crippen molar-refractivity contribution in [3.8, 4) is 0 Å². The van der Waals surface area contributed by atoms with Crippen molar-refractivity contribution >= 4 is 19.8 Å². The van der Waals surface area contributed by atoms with Crippen molar-refractivity contribution in [3.05, 3.63) is 48.6 Å². The van der Waals surface area contributed by atoms with E-state index in [4.69, 9.17) is 19.3 Å². The number of rotatable bonds is 30. The van der Waals surface area contributed by atoms with Gasteiger partial charge < -0.3 is 19.3 Å². The van der Waals surface area contributed by atoms with Crippen molar-refractivity contribution < 1.29 is 37.9 Å². The van der Waals surface area contributed by atoms with Gasteiger partial charge in [-0.3, -0.25) is 14.1 Å². The number of phosphoric ester groups is 1. The fraction of sp³-hybridized carbons (Fsp3) is 0.714. The number of ether oxygens (including phenoxy) is 2. The maximum Gasteiger partial charge on any atom is 0.469 e. The van der Waals surface area contributed by atoms with Crippen LogP contribution in [-0.2, 0) is 28.2 Å². The minimum absolute atomic E-state index is 0.202. The van der Waals surface area contributed by atoms with E-state index in [9.17, 15) is 14.2 Å². The van der Waals surface area contributed by atoms with E-state index in [1.54, 1.807) is 0 Å². The fourth-order valence-corrected chi connectivity index (χ4v) is 4.66. The Labute approximate surface area is 267 Å². The maximum atomic E-state index is 12.2. The predicted octanol–water partition coefficient (Wildman–Crippen LogP) is 9.62. The van der Waals surface area contributed by atoms with Crippen molar-refractivity contribution in [1.82, 2.24) is 0 Å². The second-order valence-corrected chi connectivity index (χ2v) is 12.4. The van der Waals surface area contributed by atoms with Gasteiger partial charge in [0.2, 0.25) is 0 Å². The zero-order chi connectivity index (χ0) is 32.6. The number of unbranched alkanes of at least 4 members (excludes halogenated alkanes) is 12. The van der Waals surface area contributed by atoms with Gasteiger partial charge in [-0.15, -0.1) is 0 Å². The van der Waals surface area contributed by atoms with Gasteiger partial charge in [0.25, 0.3) is 0 Å². The Balaban J connectivity index is 4.02. The van der Waals surface area contributed by atoms with Crippen LogP contribution < -0.4 is 0 Å². The molecule has 0 fully saturated rings. The Hall–Kier alpha value is -1.99. The van der Waals surface area contributed by atoms with Crippen LogP contribution >= 0.6 is 7.82 Å². The lowest BCUT2D eigenvalue weighted by atomic mass is 10.1. The van der Waals surface area contributed by atoms with Gasteiger partial charge in [0.15, 0.2) is 6.10 Å². The zero-order valence-electron chi connectivity index (χ0n) is 27.5. The highest BCUT2D eigenvalue weighted by atomic mass is 31.2. The van der Waals surface area contributed by atoms with Gasteiger partial charge in [-0.1, -0.05) is 120 Å². The first kappa shape index (κ1) is 42.0. The molecule has 0 saturated heterocycles. The quantitative estimate of drug-likeness (QED) is 0.0345. The van der Waals surface area contributed by atoms with E-state index in [1.165, 1.54) is 44.9 Å². The van der Waals surface area contributed by atoms with Crippen LogP contribution in [0, 0.1) is 0 Å². The first-order valence-electron chi connectivity index (χ1n) is 16.9. The molecule has 2 N–H and O–H groups in total. The molecule has 0 radical (unpaired) electrons. The van der Waals surface area contributed by atoms with Gasteiger partial charge in [0, 0.05) is 12.8 Å². The normalized spacial score (nSPS) is 13.1. The first-order valence-corrected chi connectivity index (χ1v) is 18.5. The third kappa shape index (κ3) is 32.9. The van der Waals surface area contributed by atoms with Crippen LogP contribution in [0.3, 0.4) is 0 Å². The molecular weight excluding hydrogens is 579 g/mol. The third-order valence-electron chi connectivity index (χ3n) is 6.85. The van der Waals surface area contributed by atoms with Crippen molar-refractivity contribution in [2.24, 2.45) is 0 Å². The van der Waals surface area contributed by atoms with Gasteiger partial charge in [-0.05, 0) is 57.8 Å². The highest BCUT2D eigenvalue weighted by Crippen LogP contribution is 2.35. The van der Waals surface area contributed by atoms with Crippen LogP contribution in [0.1, 0.15) is 142 Å². The van der Waals surface area contributed by atoms with E-state index in [2.05, 4.69) is 67.0 Å². The van der Waals surface area contributed by atoms with E-state index in [0.29, 0.717) is 12.8 Å². The minimum atomic E-state index is -4.75. The first-order chi connectivity index (χ1) is 21.3. The van der Waals surface area contributed by atoms with Gasteiger partial charge in [-0.2, -0.15) is 0 Å². The Kier molecular flexibility index (Phi) is 29.6. The number of esters is 2. The molecule has 0 unspecified atom stereocenters. The van der Waals surface area contributed by atoms with Crippen LogP contribution in [0.4, 0.5) is 0 Å². The molecule has 0 spiro atoms. The van der Waals surface area contributed by atoms with Gasteiger partial charge in [-0.25, -0.2) is 4.57 Å². The number of hydrogen-bond acceptors (Lipinski definition) is 6. The molecule has 0 rings (SSSR count). The molecule has 0 saturated carbocycles. The van der Waals surface area contributed by atoms with Crippen LogP contribution in [0.2, 0.25) is 0 Å². The van der Waals surface area contributed by atoms with Gasteiger partial charge >= 0.3 is 19.8 Å². The molecule has 0 amide bonds. The summed E-state index contributed by atoms with van der Waals surface area (Å²) in [5, 5.41) is 0. The molecule has 0 heterocycles. The summed E-state index contributed by atoms with van der Waals surface area (Å²) < 4.78 is 26.1. The number of hydrogen-bond donors (Lipinski definition) is 2. The van der Waals surface area contributed by atoms with Gasteiger partial charge in [0.1, 0.15) is 6.61 Å². The van der Waals surface area contributed by atoms with Crippen molar-refractivity contribution in [2.45, 2.75) is 148 Å². The lowest BCUT2D eigenvalue weighted by Crippen LogP contribution is -2.29. The minimum Gasteiger partial charge on any atom is -0.462 e. The highest BCUT2D eigenvalue weighted by Gasteiger charge is 2.22. The molecule has 0 bridgehead atoms. The second kappa shape index (κ2) is 31.0. The zero-order valence-corrected chi connectivity index (χ0v) is 28.4. The predicted molar refractivity (Wildman–Crippen MR) is 179 cm³/mol. The average Bonchev–Trinajstić information content (AvgIpc) is 2.98. The van der Waals surface area contributed by atoms with Crippen molar-refractivity contribution in [2.75, 3.05) is 13.2 Å². The average molecular weight is 641 g/mol. The SMILES string of the molecule is CCCCC/C=C/C/C=C/C/C=C/C/C=C/CCCCCC(=O)OC[C@H](COP(=O)(O)O)OC(=O)CCCCCCCCC. The summed E-state index contributed by atoms with van der Waals surface area (Å²) in [5.41, 5.74) is 0.